The third-order valence-electron chi connectivity index (χ3n) is 3.00. The Hall–Kier alpha value is -2.91. The molecule has 0 amide bonds. The van der Waals surface area contributed by atoms with Crippen molar-refractivity contribution in [1.29, 1.82) is 5.26 Å². The van der Waals surface area contributed by atoms with E-state index in [4.69, 9.17) is 15.7 Å². The Morgan fingerprint density at radius 2 is 2.10 bits per heavy atom. The van der Waals surface area contributed by atoms with Gasteiger partial charge in [0.15, 0.2) is 0 Å². The van der Waals surface area contributed by atoms with Crippen LogP contribution < -0.4 is 10.5 Å². The van der Waals surface area contributed by atoms with E-state index in [0.29, 0.717) is 12.1 Å². The van der Waals surface area contributed by atoms with Crippen LogP contribution in [0.15, 0.2) is 36.4 Å². The fraction of sp³-hybridized carbons (Fsp3) is 0.133. The minimum absolute atomic E-state index is 0.107. The molecule has 21 heavy (non-hydrogen) atoms. The third-order valence-corrected chi connectivity index (χ3v) is 3.00. The van der Waals surface area contributed by atoms with Crippen LogP contribution in [-0.4, -0.2) is 4.92 Å². The van der Waals surface area contributed by atoms with E-state index in [0.717, 1.165) is 5.56 Å². The Labute approximate surface area is 121 Å². The second-order valence-corrected chi connectivity index (χ2v) is 4.43. The van der Waals surface area contributed by atoms with Gasteiger partial charge in [-0.25, -0.2) is 0 Å². The smallest absolute Gasteiger partial charge is 0.314 e. The minimum atomic E-state index is -0.495. The van der Waals surface area contributed by atoms with E-state index >= 15 is 0 Å². The average molecular weight is 283 g/mol. The molecule has 2 N–H and O–H groups in total. The molecule has 0 saturated carbocycles. The number of hydrogen-bond acceptors (Lipinski definition) is 5. The van der Waals surface area contributed by atoms with E-state index in [1.807, 2.05) is 6.07 Å². The molecular weight excluding hydrogens is 270 g/mol. The molecular formula is C15H13N3O3. The number of nitro benzene ring substituents is 1. The maximum atomic E-state index is 11.1. The molecule has 0 spiro atoms. The van der Waals surface area contributed by atoms with Crippen LogP contribution in [0, 0.1) is 28.4 Å². The SMILES string of the molecule is Cc1cccc(Oc2ccc(CN)cc2C#N)c1[N+](=O)[O-]. The number of rotatable bonds is 4. The predicted molar refractivity (Wildman–Crippen MR) is 77.0 cm³/mol. The van der Waals surface area contributed by atoms with Gasteiger partial charge in [0.2, 0.25) is 5.75 Å². The Morgan fingerprint density at radius 3 is 2.71 bits per heavy atom. The number of nitrogens with zero attached hydrogens (tertiary/aromatic N) is 2. The number of ether oxygens (including phenoxy) is 1. The van der Waals surface area contributed by atoms with Gasteiger partial charge >= 0.3 is 5.69 Å². The van der Waals surface area contributed by atoms with Crippen molar-refractivity contribution in [3.05, 3.63) is 63.2 Å². The summed E-state index contributed by atoms with van der Waals surface area (Å²) in [6.07, 6.45) is 0. The molecule has 0 bridgehead atoms. The molecule has 0 radical (unpaired) electrons. The van der Waals surface area contributed by atoms with Gasteiger partial charge in [-0.05, 0) is 30.7 Å². The molecule has 0 fully saturated rings. The quantitative estimate of drug-likeness (QED) is 0.686. The highest BCUT2D eigenvalue weighted by molar-refractivity contribution is 5.55. The normalized spacial score (nSPS) is 9.95. The molecule has 106 valence electrons. The zero-order chi connectivity index (χ0) is 15.4. The number of nitro groups is 1. The van der Waals surface area contributed by atoms with Gasteiger partial charge in [-0.1, -0.05) is 18.2 Å². The van der Waals surface area contributed by atoms with Crippen LogP contribution in [0.2, 0.25) is 0 Å². The molecule has 0 aliphatic rings. The minimum Gasteiger partial charge on any atom is -0.449 e. The lowest BCUT2D eigenvalue weighted by molar-refractivity contribution is -0.386. The standard InChI is InChI=1S/C15H13N3O3/c1-10-3-2-4-14(15(10)18(19)20)21-13-6-5-11(8-16)7-12(13)9-17/h2-7H,8,16H2,1H3. The zero-order valence-corrected chi connectivity index (χ0v) is 11.4. The van der Waals surface area contributed by atoms with Crippen LogP contribution in [0.3, 0.4) is 0 Å². The summed E-state index contributed by atoms with van der Waals surface area (Å²) in [4.78, 5) is 10.6. The van der Waals surface area contributed by atoms with E-state index in [-0.39, 0.29) is 22.7 Å². The summed E-state index contributed by atoms with van der Waals surface area (Å²) in [5.41, 5.74) is 6.98. The molecule has 2 aromatic carbocycles. The molecule has 0 aromatic heterocycles. The summed E-state index contributed by atoms with van der Waals surface area (Å²) in [5.74, 6) is 0.375. The van der Waals surface area contributed by atoms with Gasteiger partial charge in [0.1, 0.15) is 11.8 Å². The van der Waals surface area contributed by atoms with Crippen molar-refractivity contribution in [3.8, 4) is 17.6 Å². The van der Waals surface area contributed by atoms with Crippen molar-refractivity contribution in [2.24, 2.45) is 5.73 Å². The van der Waals surface area contributed by atoms with Gasteiger partial charge < -0.3 is 10.5 Å². The van der Waals surface area contributed by atoms with Gasteiger partial charge in [0, 0.05) is 12.1 Å². The number of nitriles is 1. The van der Waals surface area contributed by atoms with Crippen LogP contribution in [0.25, 0.3) is 0 Å². The first-order chi connectivity index (χ1) is 10.1. The lowest BCUT2D eigenvalue weighted by Crippen LogP contribution is -1.99. The molecule has 0 aliphatic heterocycles. The van der Waals surface area contributed by atoms with Gasteiger partial charge in [0.05, 0.1) is 10.5 Å². The van der Waals surface area contributed by atoms with Crippen LogP contribution in [-0.2, 0) is 6.54 Å². The molecule has 0 heterocycles. The largest absolute Gasteiger partial charge is 0.449 e. The molecule has 0 aliphatic carbocycles. The second kappa shape index (κ2) is 6.03. The monoisotopic (exact) mass is 283 g/mol. The van der Waals surface area contributed by atoms with E-state index in [1.54, 1.807) is 37.3 Å². The summed E-state index contributed by atoms with van der Waals surface area (Å²) in [6, 6.07) is 11.7. The van der Waals surface area contributed by atoms with Crippen molar-refractivity contribution in [1.82, 2.24) is 0 Å². The van der Waals surface area contributed by atoms with E-state index < -0.39 is 4.92 Å². The predicted octanol–water partition coefficient (Wildman–Crippen LogP) is 3.03. The van der Waals surface area contributed by atoms with Crippen LogP contribution >= 0.6 is 0 Å². The van der Waals surface area contributed by atoms with Gasteiger partial charge in [-0.2, -0.15) is 5.26 Å². The lowest BCUT2D eigenvalue weighted by atomic mass is 10.1. The molecule has 2 aromatic rings. The van der Waals surface area contributed by atoms with E-state index in [2.05, 4.69) is 0 Å². The first kappa shape index (κ1) is 14.5. The summed E-state index contributed by atoms with van der Waals surface area (Å²) >= 11 is 0. The molecule has 6 nitrogen and oxygen atoms in total. The highest BCUT2D eigenvalue weighted by Crippen LogP contribution is 2.35. The molecule has 6 heteroatoms. The van der Waals surface area contributed by atoms with Gasteiger partial charge in [-0.15, -0.1) is 0 Å². The molecule has 0 atom stereocenters. The number of aryl methyl sites for hydroxylation is 1. The summed E-state index contributed by atoms with van der Waals surface area (Å²) in [5, 5.41) is 20.3. The van der Waals surface area contributed by atoms with Crippen molar-refractivity contribution >= 4 is 5.69 Å². The summed E-state index contributed by atoms with van der Waals surface area (Å²) in [7, 11) is 0. The topological polar surface area (TPSA) is 102 Å². The Morgan fingerprint density at radius 1 is 1.33 bits per heavy atom. The number of para-hydroxylation sites is 1. The summed E-state index contributed by atoms with van der Waals surface area (Å²) in [6.45, 7) is 1.94. The highest BCUT2D eigenvalue weighted by Gasteiger charge is 2.19. The number of nitrogens with two attached hydrogens (primary N) is 1. The van der Waals surface area contributed by atoms with E-state index in [9.17, 15) is 10.1 Å². The van der Waals surface area contributed by atoms with Crippen molar-refractivity contribution in [2.75, 3.05) is 0 Å². The number of benzene rings is 2. The van der Waals surface area contributed by atoms with Gasteiger partial charge in [0.25, 0.3) is 0 Å². The van der Waals surface area contributed by atoms with Crippen LogP contribution in [0.1, 0.15) is 16.7 Å². The highest BCUT2D eigenvalue weighted by atomic mass is 16.6. The van der Waals surface area contributed by atoms with Crippen LogP contribution in [0.5, 0.6) is 11.5 Å². The Kier molecular flexibility index (Phi) is 4.16. The first-order valence-corrected chi connectivity index (χ1v) is 6.21. The lowest BCUT2D eigenvalue weighted by Gasteiger charge is -2.10. The third kappa shape index (κ3) is 2.99. The molecule has 0 unspecified atom stereocenters. The molecule has 2 rings (SSSR count). The summed E-state index contributed by atoms with van der Waals surface area (Å²) < 4.78 is 5.57. The van der Waals surface area contributed by atoms with E-state index in [1.165, 1.54) is 6.07 Å². The van der Waals surface area contributed by atoms with Crippen molar-refractivity contribution in [3.63, 3.8) is 0 Å². The van der Waals surface area contributed by atoms with Crippen molar-refractivity contribution < 1.29 is 9.66 Å². The zero-order valence-electron chi connectivity index (χ0n) is 11.4. The Bertz CT molecular complexity index is 735. The fourth-order valence-corrected chi connectivity index (χ4v) is 1.95. The maximum Gasteiger partial charge on any atom is 0.314 e. The van der Waals surface area contributed by atoms with Gasteiger partial charge in [-0.3, -0.25) is 10.1 Å². The van der Waals surface area contributed by atoms with Crippen LogP contribution in [0.4, 0.5) is 5.69 Å². The van der Waals surface area contributed by atoms with Crippen molar-refractivity contribution in [2.45, 2.75) is 13.5 Å². The maximum absolute atomic E-state index is 11.1. The average Bonchev–Trinajstić information content (AvgIpc) is 2.47. The second-order valence-electron chi connectivity index (χ2n) is 4.43. The Balaban J connectivity index is 2.46. The fourth-order valence-electron chi connectivity index (χ4n) is 1.95. The first-order valence-electron chi connectivity index (χ1n) is 6.21. The number of hydrogen-bond donors (Lipinski definition) is 1. The molecule has 0 saturated heterocycles.